The second kappa shape index (κ2) is 8.05. The first-order chi connectivity index (χ1) is 11.6. The number of urea groups is 1. The molecule has 2 N–H and O–H groups in total. The summed E-state index contributed by atoms with van der Waals surface area (Å²) in [6.45, 7) is 6.98. The van der Waals surface area contributed by atoms with Crippen LogP contribution in [0.4, 0.5) is 23.7 Å². The van der Waals surface area contributed by atoms with E-state index in [9.17, 15) is 18.0 Å². The number of anilines is 1. The number of nitrogens with zero attached hydrogens (tertiary/aromatic N) is 2. The van der Waals surface area contributed by atoms with E-state index in [1.54, 1.807) is 13.8 Å². The second-order valence-corrected chi connectivity index (χ2v) is 6.70. The van der Waals surface area contributed by atoms with Crippen molar-refractivity contribution in [2.45, 2.75) is 32.6 Å². The summed E-state index contributed by atoms with van der Waals surface area (Å²) in [5.74, 6) is 0. The van der Waals surface area contributed by atoms with E-state index >= 15 is 0 Å². The molecule has 1 aliphatic heterocycles. The molecule has 8 heteroatoms. The van der Waals surface area contributed by atoms with Crippen LogP contribution in [0.15, 0.2) is 18.2 Å². The Hall–Kier alpha value is -1.80. The van der Waals surface area contributed by atoms with Crippen molar-refractivity contribution in [1.29, 1.82) is 0 Å². The van der Waals surface area contributed by atoms with Crippen molar-refractivity contribution in [3.05, 3.63) is 29.3 Å². The number of rotatable bonds is 4. The third kappa shape index (κ3) is 5.89. The fourth-order valence-electron chi connectivity index (χ4n) is 2.73. The van der Waals surface area contributed by atoms with E-state index in [1.165, 1.54) is 12.1 Å². The molecule has 2 rings (SSSR count). The standard InChI is InChI=1S/C17H25F3N4O/c1-12(2)21-16(25)22-14-5-4-13(15(10-14)17(18,19)20)11-24-8-6-23(3)7-9-24/h4-5,10,12H,6-9,11H2,1-3H3,(H2,21,22,25). The molecule has 1 aliphatic rings. The van der Waals surface area contributed by atoms with Crippen molar-refractivity contribution in [3.8, 4) is 0 Å². The summed E-state index contributed by atoms with van der Waals surface area (Å²) < 4.78 is 40.3. The molecule has 2 amide bonds. The molecule has 0 aromatic heterocycles. The Morgan fingerprint density at radius 2 is 1.84 bits per heavy atom. The predicted molar refractivity (Wildman–Crippen MR) is 91.5 cm³/mol. The first-order valence-electron chi connectivity index (χ1n) is 8.33. The topological polar surface area (TPSA) is 47.6 Å². The summed E-state index contributed by atoms with van der Waals surface area (Å²) in [4.78, 5) is 15.9. The molecule has 0 atom stereocenters. The maximum absolute atomic E-state index is 13.4. The fraction of sp³-hybridized carbons (Fsp3) is 0.588. The minimum atomic E-state index is -4.46. The van der Waals surface area contributed by atoms with Crippen LogP contribution in [0.3, 0.4) is 0 Å². The highest BCUT2D eigenvalue weighted by atomic mass is 19.4. The van der Waals surface area contributed by atoms with Gasteiger partial charge in [-0.3, -0.25) is 4.90 Å². The number of benzene rings is 1. The number of carbonyl (C=O) groups is 1. The second-order valence-electron chi connectivity index (χ2n) is 6.70. The van der Waals surface area contributed by atoms with Gasteiger partial charge in [-0.1, -0.05) is 6.07 Å². The first-order valence-corrected chi connectivity index (χ1v) is 8.33. The van der Waals surface area contributed by atoms with Crippen LogP contribution < -0.4 is 10.6 Å². The molecule has 0 aliphatic carbocycles. The molecule has 0 unspecified atom stereocenters. The highest BCUT2D eigenvalue weighted by Crippen LogP contribution is 2.34. The normalized spacial score (nSPS) is 16.9. The van der Waals surface area contributed by atoms with E-state index in [4.69, 9.17) is 0 Å². The van der Waals surface area contributed by atoms with Crippen LogP contribution in [0, 0.1) is 0 Å². The molecule has 0 bridgehead atoms. The molecule has 1 saturated heterocycles. The molecule has 1 aromatic carbocycles. The molecule has 0 saturated carbocycles. The molecule has 0 radical (unpaired) electrons. The van der Waals surface area contributed by atoms with E-state index in [2.05, 4.69) is 15.5 Å². The zero-order chi connectivity index (χ0) is 18.6. The van der Waals surface area contributed by atoms with Crippen LogP contribution in [-0.2, 0) is 12.7 Å². The summed E-state index contributed by atoms with van der Waals surface area (Å²) in [6.07, 6.45) is -4.46. The van der Waals surface area contributed by atoms with Gasteiger partial charge < -0.3 is 15.5 Å². The van der Waals surface area contributed by atoms with Crippen molar-refractivity contribution >= 4 is 11.7 Å². The molecule has 1 fully saturated rings. The lowest BCUT2D eigenvalue weighted by molar-refractivity contribution is -0.138. The predicted octanol–water partition coefficient (Wildman–Crippen LogP) is 2.98. The zero-order valence-electron chi connectivity index (χ0n) is 14.8. The number of piperazine rings is 1. The zero-order valence-corrected chi connectivity index (χ0v) is 14.8. The van der Waals surface area contributed by atoms with Crippen LogP contribution in [-0.4, -0.2) is 55.1 Å². The maximum atomic E-state index is 13.4. The van der Waals surface area contributed by atoms with Gasteiger partial charge in [-0.05, 0) is 38.6 Å². The SMILES string of the molecule is CC(C)NC(=O)Nc1ccc(CN2CCN(C)CC2)c(C(F)(F)F)c1. The van der Waals surface area contributed by atoms with Crippen molar-refractivity contribution in [2.75, 3.05) is 38.5 Å². The van der Waals surface area contributed by atoms with Gasteiger partial charge in [0.15, 0.2) is 0 Å². The minimum absolute atomic E-state index is 0.0985. The smallest absolute Gasteiger partial charge is 0.336 e. The van der Waals surface area contributed by atoms with Gasteiger partial charge in [0.1, 0.15) is 0 Å². The largest absolute Gasteiger partial charge is 0.416 e. The van der Waals surface area contributed by atoms with Gasteiger partial charge in [0, 0.05) is 44.5 Å². The molecule has 140 valence electrons. The van der Waals surface area contributed by atoms with Crippen molar-refractivity contribution in [2.24, 2.45) is 0 Å². The average molecular weight is 358 g/mol. The molecular weight excluding hydrogens is 333 g/mol. The maximum Gasteiger partial charge on any atom is 0.416 e. The number of likely N-dealkylation sites (N-methyl/N-ethyl adjacent to an activating group) is 1. The van der Waals surface area contributed by atoms with E-state index in [0.717, 1.165) is 32.2 Å². The molecule has 5 nitrogen and oxygen atoms in total. The van der Waals surface area contributed by atoms with Gasteiger partial charge in [-0.2, -0.15) is 13.2 Å². The lowest BCUT2D eigenvalue weighted by Gasteiger charge is -2.33. The monoisotopic (exact) mass is 358 g/mol. The van der Waals surface area contributed by atoms with E-state index < -0.39 is 17.8 Å². The fourth-order valence-corrected chi connectivity index (χ4v) is 2.73. The Morgan fingerprint density at radius 1 is 1.20 bits per heavy atom. The number of amides is 2. The summed E-state index contributed by atoms with van der Waals surface area (Å²) in [5.41, 5.74) is -0.340. The lowest BCUT2D eigenvalue weighted by atomic mass is 10.0. The Kier molecular flexibility index (Phi) is 6.29. The number of nitrogens with one attached hydrogen (secondary N) is 2. The van der Waals surface area contributed by atoms with Gasteiger partial charge in [-0.25, -0.2) is 4.79 Å². The van der Waals surface area contributed by atoms with Crippen molar-refractivity contribution < 1.29 is 18.0 Å². The number of hydrogen-bond donors (Lipinski definition) is 2. The number of alkyl halides is 3. The number of carbonyl (C=O) groups excluding carboxylic acids is 1. The summed E-state index contributed by atoms with van der Waals surface area (Å²) in [6, 6.07) is 3.35. The molecule has 0 spiro atoms. The first kappa shape index (κ1) is 19.5. The van der Waals surface area contributed by atoms with Crippen LogP contribution >= 0.6 is 0 Å². The highest BCUT2D eigenvalue weighted by molar-refractivity contribution is 5.89. The molecule has 1 aromatic rings. The van der Waals surface area contributed by atoms with Crippen LogP contribution in [0.1, 0.15) is 25.0 Å². The van der Waals surface area contributed by atoms with Crippen molar-refractivity contribution in [1.82, 2.24) is 15.1 Å². The van der Waals surface area contributed by atoms with Gasteiger partial charge in [-0.15, -0.1) is 0 Å². The van der Waals surface area contributed by atoms with Gasteiger partial charge in [0.05, 0.1) is 5.56 Å². The van der Waals surface area contributed by atoms with E-state index in [0.29, 0.717) is 0 Å². The van der Waals surface area contributed by atoms with Crippen LogP contribution in [0.2, 0.25) is 0 Å². The summed E-state index contributed by atoms with van der Waals surface area (Å²) in [5, 5.41) is 5.04. The highest BCUT2D eigenvalue weighted by Gasteiger charge is 2.34. The third-order valence-electron chi connectivity index (χ3n) is 4.08. The molecule has 25 heavy (non-hydrogen) atoms. The summed E-state index contributed by atoms with van der Waals surface area (Å²) >= 11 is 0. The van der Waals surface area contributed by atoms with Crippen LogP contribution in [0.5, 0.6) is 0 Å². The van der Waals surface area contributed by atoms with Gasteiger partial charge in [0.2, 0.25) is 0 Å². The quantitative estimate of drug-likeness (QED) is 0.870. The van der Waals surface area contributed by atoms with Crippen molar-refractivity contribution in [3.63, 3.8) is 0 Å². The summed E-state index contributed by atoms with van der Waals surface area (Å²) in [7, 11) is 2.00. The average Bonchev–Trinajstić information content (AvgIpc) is 2.49. The Morgan fingerprint density at radius 3 is 2.40 bits per heavy atom. The number of hydrogen-bond acceptors (Lipinski definition) is 3. The number of halogens is 3. The lowest BCUT2D eigenvalue weighted by Crippen LogP contribution is -2.44. The third-order valence-corrected chi connectivity index (χ3v) is 4.08. The minimum Gasteiger partial charge on any atom is -0.336 e. The van der Waals surface area contributed by atoms with Gasteiger partial charge in [0.25, 0.3) is 0 Å². The van der Waals surface area contributed by atoms with Crippen LogP contribution in [0.25, 0.3) is 0 Å². The Bertz CT molecular complexity index is 596. The Balaban J connectivity index is 2.15. The molecule has 1 heterocycles. The Labute approximate surface area is 146 Å². The van der Waals surface area contributed by atoms with E-state index in [1.807, 2.05) is 11.9 Å². The van der Waals surface area contributed by atoms with E-state index in [-0.39, 0.29) is 23.8 Å². The molecular formula is C17H25F3N4O. The van der Waals surface area contributed by atoms with Gasteiger partial charge >= 0.3 is 12.2 Å².